The van der Waals surface area contributed by atoms with E-state index >= 15 is 0 Å². The number of anilines is 2. The topological polar surface area (TPSA) is 72.2 Å². The Morgan fingerprint density at radius 3 is 2.00 bits per heavy atom. The second-order valence-electron chi connectivity index (χ2n) is 4.79. The fourth-order valence-corrected chi connectivity index (χ4v) is 5.04. The van der Waals surface area contributed by atoms with Gasteiger partial charge in [0.25, 0.3) is 10.0 Å². The first-order valence-electron chi connectivity index (χ1n) is 6.04. The van der Waals surface area contributed by atoms with Crippen molar-refractivity contribution < 1.29 is 8.42 Å². The molecule has 3 N–H and O–H groups in total. The summed E-state index contributed by atoms with van der Waals surface area (Å²) < 4.78 is 28.9. The van der Waals surface area contributed by atoms with Crippen LogP contribution < -0.4 is 10.5 Å². The molecule has 4 nitrogen and oxygen atoms in total. The third kappa shape index (κ3) is 3.78. The SMILES string of the molecule is Cc1cc(N)cc(S(=O)(=O)Nc2c(Br)cc(C)cc2Br)c1. The molecule has 21 heavy (non-hydrogen) atoms. The molecule has 0 atom stereocenters. The van der Waals surface area contributed by atoms with Gasteiger partial charge in [0.05, 0.1) is 10.6 Å². The normalized spacial score (nSPS) is 11.4. The summed E-state index contributed by atoms with van der Waals surface area (Å²) in [6, 6.07) is 8.41. The maximum Gasteiger partial charge on any atom is 0.262 e. The largest absolute Gasteiger partial charge is 0.399 e. The Morgan fingerprint density at radius 2 is 1.48 bits per heavy atom. The highest BCUT2D eigenvalue weighted by Gasteiger charge is 2.18. The summed E-state index contributed by atoms with van der Waals surface area (Å²) in [5.41, 5.74) is 8.39. The summed E-state index contributed by atoms with van der Waals surface area (Å²) in [6.45, 7) is 3.72. The van der Waals surface area contributed by atoms with Crippen LogP contribution in [0.3, 0.4) is 0 Å². The highest BCUT2D eigenvalue weighted by atomic mass is 79.9. The highest BCUT2D eigenvalue weighted by molar-refractivity contribution is 9.11. The van der Waals surface area contributed by atoms with Gasteiger partial charge < -0.3 is 5.73 Å². The molecule has 0 amide bonds. The van der Waals surface area contributed by atoms with Crippen LogP contribution in [0.4, 0.5) is 11.4 Å². The van der Waals surface area contributed by atoms with Crippen LogP contribution in [-0.4, -0.2) is 8.42 Å². The van der Waals surface area contributed by atoms with Gasteiger partial charge in [0.15, 0.2) is 0 Å². The number of nitrogens with one attached hydrogen (secondary N) is 1. The summed E-state index contributed by atoms with van der Waals surface area (Å²) in [4.78, 5) is 0.138. The van der Waals surface area contributed by atoms with E-state index in [1.807, 2.05) is 19.1 Å². The van der Waals surface area contributed by atoms with Crippen molar-refractivity contribution in [3.63, 3.8) is 0 Å². The van der Waals surface area contributed by atoms with E-state index in [0.29, 0.717) is 20.3 Å². The third-order valence-electron chi connectivity index (χ3n) is 2.81. The molecule has 0 aromatic heterocycles. The van der Waals surface area contributed by atoms with Gasteiger partial charge in [-0.05, 0) is 87.2 Å². The van der Waals surface area contributed by atoms with E-state index in [-0.39, 0.29) is 4.90 Å². The maximum absolute atomic E-state index is 12.5. The van der Waals surface area contributed by atoms with Crippen LogP contribution in [-0.2, 0) is 10.0 Å². The molecular weight excluding hydrogens is 420 g/mol. The first kappa shape index (κ1) is 16.3. The van der Waals surface area contributed by atoms with Gasteiger partial charge in [0, 0.05) is 14.6 Å². The summed E-state index contributed by atoms with van der Waals surface area (Å²) in [7, 11) is -3.71. The summed E-state index contributed by atoms with van der Waals surface area (Å²) in [6.07, 6.45) is 0. The fraction of sp³-hybridized carbons (Fsp3) is 0.143. The van der Waals surface area contributed by atoms with E-state index < -0.39 is 10.0 Å². The molecule has 0 aliphatic heterocycles. The molecule has 2 rings (SSSR count). The van der Waals surface area contributed by atoms with E-state index in [1.165, 1.54) is 6.07 Å². The molecule has 0 saturated heterocycles. The van der Waals surface area contributed by atoms with E-state index in [1.54, 1.807) is 19.1 Å². The van der Waals surface area contributed by atoms with E-state index in [0.717, 1.165) is 11.1 Å². The highest BCUT2D eigenvalue weighted by Crippen LogP contribution is 2.34. The van der Waals surface area contributed by atoms with Gasteiger partial charge in [0.2, 0.25) is 0 Å². The zero-order valence-corrected chi connectivity index (χ0v) is 15.4. The zero-order chi connectivity index (χ0) is 15.8. The average Bonchev–Trinajstić information content (AvgIpc) is 2.32. The number of nitrogen functional groups attached to an aromatic ring is 1. The van der Waals surface area contributed by atoms with Gasteiger partial charge >= 0.3 is 0 Å². The van der Waals surface area contributed by atoms with Crippen molar-refractivity contribution in [2.45, 2.75) is 18.7 Å². The maximum atomic E-state index is 12.5. The summed E-state index contributed by atoms with van der Waals surface area (Å²) in [5, 5.41) is 0. The van der Waals surface area contributed by atoms with E-state index in [4.69, 9.17) is 5.73 Å². The fourth-order valence-electron chi connectivity index (χ4n) is 1.92. The molecule has 0 aliphatic rings. The molecule has 0 unspecified atom stereocenters. The predicted molar refractivity (Wildman–Crippen MR) is 93.0 cm³/mol. The number of sulfonamides is 1. The molecule has 0 saturated carbocycles. The molecule has 2 aromatic carbocycles. The van der Waals surface area contributed by atoms with E-state index in [2.05, 4.69) is 36.6 Å². The number of halogens is 2. The Morgan fingerprint density at radius 1 is 0.952 bits per heavy atom. The van der Waals surface area contributed by atoms with Crippen molar-refractivity contribution in [1.82, 2.24) is 0 Å². The molecule has 0 heterocycles. The molecular formula is C14H14Br2N2O2S. The Balaban J connectivity index is 2.47. The number of benzene rings is 2. The lowest BCUT2D eigenvalue weighted by molar-refractivity contribution is 0.601. The van der Waals surface area contributed by atoms with Crippen LogP contribution in [0.5, 0.6) is 0 Å². The number of hydrogen-bond donors (Lipinski definition) is 2. The molecule has 0 radical (unpaired) electrons. The molecule has 0 bridgehead atoms. The number of hydrogen-bond acceptors (Lipinski definition) is 3. The zero-order valence-electron chi connectivity index (χ0n) is 11.4. The minimum Gasteiger partial charge on any atom is -0.399 e. The lowest BCUT2D eigenvalue weighted by Crippen LogP contribution is -2.14. The Kier molecular flexibility index (Phi) is 4.65. The molecule has 0 spiro atoms. The number of aryl methyl sites for hydroxylation is 2. The Labute approximate surface area is 141 Å². The Bertz CT molecular complexity index is 761. The van der Waals surface area contributed by atoms with Crippen molar-refractivity contribution in [2.75, 3.05) is 10.5 Å². The molecule has 7 heteroatoms. The predicted octanol–water partition coefficient (Wildman–Crippen LogP) is 4.21. The molecule has 2 aromatic rings. The van der Waals surface area contributed by atoms with Gasteiger partial charge in [-0.15, -0.1) is 0 Å². The minimum atomic E-state index is -3.71. The summed E-state index contributed by atoms with van der Waals surface area (Å²) >= 11 is 6.74. The number of rotatable bonds is 3. The molecule has 0 aliphatic carbocycles. The Hall–Kier alpha value is -1.05. The van der Waals surface area contributed by atoms with Crippen molar-refractivity contribution in [2.24, 2.45) is 0 Å². The third-order valence-corrected chi connectivity index (χ3v) is 5.39. The standard InChI is InChI=1S/C14H14Br2N2O2S/c1-8-3-10(17)7-11(4-8)21(19,20)18-14-12(15)5-9(2)6-13(14)16/h3-7,18H,17H2,1-2H3. The second kappa shape index (κ2) is 5.98. The summed E-state index contributed by atoms with van der Waals surface area (Å²) in [5.74, 6) is 0. The van der Waals surface area contributed by atoms with Gasteiger partial charge in [-0.25, -0.2) is 8.42 Å². The van der Waals surface area contributed by atoms with Gasteiger partial charge in [-0.3, -0.25) is 4.72 Å². The smallest absolute Gasteiger partial charge is 0.262 e. The molecule has 112 valence electrons. The first-order chi connectivity index (χ1) is 9.69. The van der Waals surface area contributed by atoms with Crippen molar-refractivity contribution >= 4 is 53.3 Å². The lowest BCUT2D eigenvalue weighted by Gasteiger charge is -2.13. The van der Waals surface area contributed by atoms with Gasteiger partial charge in [0.1, 0.15) is 0 Å². The van der Waals surface area contributed by atoms with Crippen molar-refractivity contribution in [1.29, 1.82) is 0 Å². The van der Waals surface area contributed by atoms with Crippen LogP contribution in [0.25, 0.3) is 0 Å². The van der Waals surface area contributed by atoms with E-state index in [9.17, 15) is 8.42 Å². The van der Waals surface area contributed by atoms with Crippen LogP contribution in [0.2, 0.25) is 0 Å². The average molecular weight is 434 g/mol. The first-order valence-corrected chi connectivity index (χ1v) is 9.11. The molecule has 0 fully saturated rings. The van der Waals surface area contributed by atoms with Crippen LogP contribution in [0, 0.1) is 13.8 Å². The monoisotopic (exact) mass is 432 g/mol. The van der Waals surface area contributed by atoms with Crippen molar-refractivity contribution in [3.05, 3.63) is 50.4 Å². The van der Waals surface area contributed by atoms with Crippen LogP contribution in [0.1, 0.15) is 11.1 Å². The number of nitrogens with two attached hydrogens (primary N) is 1. The quantitative estimate of drug-likeness (QED) is 0.712. The van der Waals surface area contributed by atoms with Crippen LogP contribution in [0.15, 0.2) is 44.2 Å². The van der Waals surface area contributed by atoms with Crippen LogP contribution >= 0.6 is 31.9 Å². The van der Waals surface area contributed by atoms with Crippen molar-refractivity contribution in [3.8, 4) is 0 Å². The second-order valence-corrected chi connectivity index (χ2v) is 8.18. The van der Waals surface area contributed by atoms with Gasteiger partial charge in [-0.2, -0.15) is 0 Å². The van der Waals surface area contributed by atoms with Gasteiger partial charge in [-0.1, -0.05) is 0 Å². The lowest BCUT2D eigenvalue weighted by atomic mass is 10.2. The minimum absolute atomic E-state index is 0.138.